The SMILES string of the molecule is C/C(=N\O)c1cc(-c2ccc(Cl)cc2)no1. The van der Waals surface area contributed by atoms with Crippen molar-refractivity contribution in [2.75, 3.05) is 0 Å². The minimum Gasteiger partial charge on any atom is -0.411 e. The van der Waals surface area contributed by atoms with Gasteiger partial charge in [-0.2, -0.15) is 0 Å². The van der Waals surface area contributed by atoms with Gasteiger partial charge in [0.1, 0.15) is 11.4 Å². The van der Waals surface area contributed by atoms with Crippen LogP contribution in [-0.4, -0.2) is 16.1 Å². The Kier molecular flexibility index (Phi) is 2.92. The van der Waals surface area contributed by atoms with Crippen LogP contribution in [0.3, 0.4) is 0 Å². The summed E-state index contributed by atoms with van der Waals surface area (Å²) in [5, 5.41) is 16.2. The smallest absolute Gasteiger partial charge is 0.184 e. The molecule has 5 heteroatoms. The highest BCUT2D eigenvalue weighted by atomic mass is 35.5. The van der Waals surface area contributed by atoms with Crippen molar-refractivity contribution in [1.82, 2.24) is 5.16 Å². The van der Waals surface area contributed by atoms with Gasteiger partial charge < -0.3 is 9.73 Å². The van der Waals surface area contributed by atoms with Crippen molar-refractivity contribution in [2.24, 2.45) is 5.16 Å². The van der Waals surface area contributed by atoms with Gasteiger partial charge in [-0.3, -0.25) is 0 Å². The molecule has 0 amide bonds. The Morgan fingerprint density at radius 1 is 1.38 bits per heavy atom. The van der Waals surface area contributed by atoms with Gasteiger partial charge >= 0.3 is 0 Å². The molecule has 0 unspecified atom stereocenters. The van der Waals surface area contributed by atoms with Crippen LogP contribution in [0.2, 0.25) is 5.02 Å². The lowest BCUT2D eigenvalue weighted by atomic mass is 10.1. The first-order valence-corrected chi connectivity index (χ1v) is 5.00. The van der Waals surface area contributed by atoms with Crippen LogP contribution in [0.5, 0.6) is 0 Å². The van der Waals surface area contributed by atoms with Gasteiger partial charge in [0, 0.05) is 16.7 Å². The van der Waals surface area contributed by atoms with Crippen molar-refractivity contribution in [3.8, 4) is 11.3 Å². The Balaban J connectivity index is 2.35. The van der Waals surface area contributed by atoms with E-state index in [1.165, 1.54) is 0 Å². The summed E-state index contributed by atoms with van der Waals surface area (Å²) >= 11 is 5.78. The van der Waals surface area contributed by atoms with Gasteiger partial charge in [-0.25, -0.2) is 0 Å². The van der Waals surface area contributed by atoms with Crippen LogP contribution in [-0.2, 0) is 0 Å². The molecule has 0 saturated heterocycles. The van der Waals surface area contributed by atoms with Crippen molar-refractivity contribution in [1.29, 1.82) is 0 Å². The second kappa shape index (κ2) is 4.37. The fourth-order valence-corrected chi connectivity index (χ4v) is 1.38. The molecule has 0 aliphatic heterocycles. The summed E-state index contributed by atoms with van der Waals surface area (Å²) in [6.45, 7) is 1.63. The molecule has 1 N–H and O–H groups in total. The number of aromatic nitrogens is 1. The van der Waals surface area contributed by atoms with Gasteiger partial charge in [0.2, 0.25) is 0 Å². The maximum atomic E-state index is 8.59. The van der Waals surface area contributed by atoms with Crippen molar-refractivity contribution >= 4 is 17.3 Å². The van der Waals surface area contributed by atoms with Gasteiger partial charge in [-0.15, -0.1) is 0 Å². The lowest BCUT2D eigenvalue weighted by molar-refractivity contribution is 0.316. The van der Waals surface area contributed by atoms with E-state index < -0.39 is 0 Å². The molecular weight excluding hydrogens is 228 g/mol. The average Bonchev–Trinajstić information content (AvgIpc) is 2.78. The molecule has 2 aromatic rings. The highest BCUT2D eigenvalue weighted by molar-refractivity contribution is 6.30. The van der Waals surface area contributed by atoms with Crippen LogP contribution in [0.4, 0.5) is 0 Å². The summed E-state index contributed by atoms with van der Waals surface area (Å²) in [7, 11) is 0. The van der Waals surface area contributed by atoms with E-state index in [2.05, 4.69) is 10.3 Å². The number of oxime groups is 1. The summed E-state index contributed by atoms with van der Waals surface area (Å²) in [4.78, 5) is 0. The molecule has 1 heterocycles. The molecule has 1 aromatic heterocycles. The fourth-order valence-electron chi connectivity index (χ4n) is 1.25. The summed E-state index contributed by atoms with van der Waals surface area (Å²) in [5.41, 5.74) is 1.95. The number of rotatable bonds is 2. The van der Waals surface area contributed by atoms with Crippen LogP contribution < -0.4 is 0 Å². The predicted octanol–water partition coefficient (Wildman–Crippen LogP) is 3.19. The van der Waals surface area contributed by atoms with E-state index in [0.717, 1.165) is 5.56 Å². The van der Waals surface area contributed by atoms with Gasteiger partial charge in [0.05, 0.1) is 0 Å². The lowest BCUT2D eigenvalue weighted by Crippen LogP contribution is -1.89. The average molecular weight is 237 g/mol. The number of nitrogens with zero attached hydrogens (tertiary/aromatic N) is 2. The van der Waals surface area contributed by atoms with E-state index in [4.69, 9.17) is 21.3 Å². The standard InChI is InChI=1S/C11H9ClN2O2/c1-7(13-15)11-6-10(14-16-11)8-2-4-9(12)5-3-8/h2-6,15H,1H3/b13-7+. The van der Waals surface area contributed by atoms with Crippen molar-refractivity contribution in [3.63, 3.8) is 0 Å². The van der Waals surface area contributed by atoms with Gasteiger partial charge in [0.15, 0.2) is 5.76 Å². The van der Waals surface area contributed by atoms with E-state index in [9.17, 15) is 0 Å². The molecular formula is C11H9ClN2O2. The first-order chi connectivity index (χ1) is 7.70. The van der Waals surface area contributed by atoms with E-state index in [1.807, 2.05) is 12.1 Å². The van der Waals surface area contributed by atoms with Crippen molar-refractivity contribution in [3.05, 3.63) is 41.1 Å². The zero-order valence-corrected chi connectivity index (χ0v) is 9.27. The van der Waals surface area contributed by atoms with Crippen molar-refractivity contribution in [2.45, 2.75) is 6.92 Å². The van der Waals surface area contributed by atoms with Crippen LogP contribution >= 0.6 is 11.6 Å². The Labute approximate surface area is 97.1 Å². The summed E-state index contributed by atoms with van der Waals surface area (Å²) < 4.78 is 5.03. The van der Waals surface area contributed by atoms with Crippen LogP contribution in [0.15, 0.2) is 40.0 Å². The van der Waals surface area contributed by atoms with E-state index in [1.54, 1.807) is 25.1 Å². The molecule has 82 valence electrons. The van der Waals surface area contributed by atoms with Crippen LogP contribution in [0, 0.1) is 0 Å². The fraction of sp³-hybridized carbons (Fsp3) is 0.0909. The molecule has 0 radical (unpaired) electrons. The first-order valence-electron chi connectivity index (χ1n) is 4.62. The lowest BCUT2D eigenvalue weighted by Gasteiger charge is -1.94. The monoisotopic (exact) mass is 236 g/mol. The molecule has 0 aliphatic rings. The van der Waals surface area contributed by atoms with Crippen LogP contribution in [0.25, 0.3) is 11.3 Å². The first kappa shape index (κ1) is 10.7. The highest BCUT2D eigenvalue weighted by Crippen LogP contribution is 2.21. The zero-order chi connectivity index (χ0) is 11.5. The molecule has 2 rings (SSSR count). The van der Waals surface area contributed by atoms with E-state index in [-0.39, 0.29) is 0 Å². The normalized spacial score (nSPS) is 11.8. The molecule has 0 fully saturated rings. The third-order valence-electron chi connectivity index (χ3n) is 2.16. The molecule has 4 nitrogen and oxygen atoms in total. The van der Waals surface area contributed by atoms with Crippen LogP contribution in [0.1, 0.15) is 12.7 Å². The molecule has 0 aliphatic carbocycles. The Morgan fingerprint density at radius 2 is 2.06 bits per heavy atom. The summed E-state index contributed by atoms with van der Waals surface area (Å²) in [5.74, 6) is 0.437. The summed E-state index contributed by atoms with van der Waals surface area (Å²) in [6.07, 6.45) is 0. The largest absolute Gasteiger partial charge is 0.411 e. The highest BCUT2D eigenvalue weighted by Gasteiger charge is 2.08. The van der Waals surface area contributed by atoms with Gasteiger partial charge in [-0.05, 0) is 19.1 Å². The number of benzene rings is 1. The quantitative estimate of drug-likeness (QED) is 0.495. The minimum absolute atomic E-state index is 0.382. The van der Waals surface area contributed by atoms with E-state index >= 15 is 0 Å². The molecule has 0 bridgehead atoms. The zero-order valence-electron chi connectivity index (χ0n) is 8.51. The third-order valence-corrected chi connectivity index (χ3v) is 2.41. The second-order valence-electron chi connectivity index (χ2n) is 3.27. The number of hydrogen-bond donors (Lipinski definition) is 1. The number of hydrogen-bond acceptors (Lipinski definition) is 4. The Bertz CT molecular complexity index is 517. The molecule has 16 heavy (non-hydrogen) atoms. The molecule has 1 aromatic carbocycles. The topological polar surface area (TPSA) is 58.6 Å². The molecule has 0 atom stereocenters. The van der Waals surface area contributed by atoms with E-state index in [0.29, 0.717) is 22.2 Å². The number of halogens is 1. The predicted molar refractivity (Wildman–Crippen MR) is 60.9 cm³/mol. The summed E-state index contributed by atoms with van der Waals surface area (Å²) in [6, 6.07) is 8.94. The van der Waals surface area contributed by atoms with Crippen molar-refractivity contribution < 1.29 is 9.73 Å². The van der Waals surface area contributed by atoms with Gasteiger partial charge in [0.25, 0.3) is 0 Å². The third kappa shape index (κ3) is 2.06. The molecule has 0 saturated carbocycles. The Morgan fingerprint density at radius 3 is 2.69 bits per heavy atom. The maximum absolute atomic E-state index is 8.59. The van der Waals surface area contributed by atoms with Gasteiger partial charge in [-0.1, -0.05) is 34.0 Å². The Hall–Kier alpha value is -1.81. The second-order valence-corrected chi connectivity index (χ2v) is 3.71. The molecule has 0 spiro atoms. The maximum Gasteiger partial charge on any atom is 0.184 e. The minimum atomic E-state index is 0.382.